The van der Waals surface area contributed by atoms with Gasteiger partial charge in [0.1, 0.15) is 0 Å². The van der Waals surface area contributed by atoms with Crippen LogP contribution in [0.5, 0.6) is 0 Å². The third-order valence-corrected chi connectivity index (χ3v) is 7.13. The van der Waals surface area contributed by atoms with Crippen LogP contribution in [0.3, 0.4) is 0 Å². The quantitative estimate of drug-likeness (QED) is 0.625. The minimum Gasteiger partial charge on any atom is -0.322 e. The Kier molecular flexibility index (Phi) is 8.43. The lowest BCUT2D eigenvalue weighted by Gasteiger charge is -2.28. The Morgan fingerprint density at radius 2 is 1.73 bits per heavy atom. The Hall–Kier alpha value is -1.93. The van der Waals surface area contributed by atoms with Crippen LogP contribution >= 0.6 is 12.4 Å². The van der Waals surface area contributed by atoms with Gasteiger partial charge in [-0.2, -0.15) is 0 Å². The van der Waals surface area contributed by atoms with E-state index in [0.29, 0.717) is 22.7 Å². The third-order valence-electron chi connectivity index (χ3n) is 5.58. The van der Waals surface area contributed by atoms with Crippen molar-refractivity contribution in [2.45, 2.75) is 44.6 Å². The number of anilines is 1. The number of amides is 1. The van der Waals surface area contributed by atoms with Gasteiger partial charge in [-0.1, -0.05) is 18.2 Å². The average Bonchev–Trinajstić information content (AvgIpc) is 2.70. The van der Waals surface area contributed by atoms with Gasteiger partial charge in [0.25, 0.3) is 5.91 Å². The lowest BCUT2D eigenvalue weighted by atomic mass is 9.92. The Balaban J connectivity index is 0.00000320. The van der Waals surface area contributed by atoms with E-state index in [1.165, 1.54) is 6.07 Å². The molecule has 6 nitrogen and oxygen atoms in total. The lowest BCUT2D eigenvalue weighted by molar-refractivity contribution is 0.102. The summed E-state index contributed by atoms with van der Waals surface area (Å²) in [6.07, 6.45) is 1.93. The van der Waals surface area contributed by atoms with Crippen LogP contribution in [0.25, 0.3) is 0 Å². The maximum atomic E-state index is 12.8. The molecular weight excluding hydrogens is 422 g/mol. The summed E-state index contributed by atoms with van der Waals surface area (Å²) in [4.78, 5) is 12.8. The van der Waals surface area contributed by atoms with E-state index in [9.17, 15) is 13.2 Å². The van der Waals surface area contributed by atoms with Gasteiger partial charge in [0.2, 0.25) is 10.0 Å². The van der Waals surface area contributed by atoms with Crippen LogP contribution in [0.1, 0.15) is 41.3 Å². The monoisotopic (exact) mass is 451 g/mol. The summed E-state index contributed by atoms with van der Waals surface area (Å²) < 4.78 is 28.5. The highest BCUT2D eigenvalue weighted by molar-refractivity contribution is 7.89. The van der Waals surface area contributed by atoms with Crippen LogP contribution in [0, 0.1) is 19.8 Å². The molecule has 0 unspecified atom stereocenters. The van der Waals surface area contributed by atoms with Gasteiger partial charge in [-0.15, -0.1) is 12.4 Å². The molecule has 3 rings (SSSR count). The summed E-state index contributed by atoms with van der Waals surface area (Å²) in [6.45, 7) is 7.45. The van der Waals surface area contributed by atoms with Gasteiger partial charge in [0.15, 0.2) is 0 Å². The Morgan fingerprint density at radius 3 is 2.37 bits per heavy atom. The molecule has 30 heavy (non-hydrogen) atoms. The van der Waals surface area contributed by atoms with Gasteiger partial charge in [0, 0.05) is 17.3 Å². The number of hydrogen-bond acceptors (Lipinski definition) is 4. The SMILES string of the molecule is Cc1cc(S(=O)(=O)N[C@H](C)C2CCNCC2)ccc1NC(=O)c1ccccc1C.Cl. The average molecular weight is 452 g/mol. The first kappa shape index (κ1) is 24.3. The number of benzene rings is 2. The zero-order valence-electron chi connectivity index (χ0n) is 17.6. The molecule has 3 N–H and O–H groups in total. The van der Waals surface area contributed by atoms with Crippen molar-refractivity contribution in [1.82, 2.24) is 10.0 Å². The molecule has 1 aliphatic heterocycles. The van der Waals surface area contributed by atoms with Crippen molar-refractivity contribution in [2.24, 2.45) is 5.92 Å². The van der Waals surface area contributed by atoms with Gasteiger partial charge >= 0.3 is 0 Å². The molecule has 0 saturated carbocycles. The molecule has 1 aliphatic rings. The number of sulfonamides is 1. The van der Waals surface area contributed by atoms with Crippen LogP contribution in [0.15, 0.2) is 47.4 Å². The molecule has 2 aromatic carbocycles. The molecule has 0 spiro atoms. The van der Waals surface area contributed by atoms with E-state index in [1.54, 1.807) is 25.1 Å². The number of piperidine rings is 1. The summed E-state index contributed by atoms with van der Waals surface area (Å²) in [7, 11) is -3.62. The van der Waals surface area contributed by atoms with Crippen molar-refractivity contribution < 1.29 is 13.2 Å². The first-order chi connectivity index (χ1) is 13.8. The van der Waals surface area contributed by atoms with E-state index in [0.717, 1.165) is 31.5 Å². The first-order valence-corrected chi connectivity index (χ1v) is 11.5. The maximum absolute atomic E-state index is 12.8. The zero-order valence-corrected chi connectivity index (χ0v) is 19.2. The second-order valence-corrected chi connectivity index (χ2v) is 9.46. The number of rotatable bonds is 6. The third kappa shape index (κ3) is 5.82. The van der Waals surface area contributed by atoms with Crippen molar-refractivity contribution in [1.29, 1.82) is 0 Å². The van der Waals surface area contributed by atoms with Crippen LogP contribution in [-0.4, -0.2) is 33.5 Å². The Labute approximate surface area is 185 Å². The predicted molar refractivity (Wildman–Crippen MR) is 123 cm³/mol. The lowest BCUT2D eigenvalue weighted by Crippen LogP contribution is -2.42. The van der Waals surface area contributed by atoms with Gasteiger partial charge in [0.05, 0.1) is 4.90 Å². The van der Waals surface area contributed by atoms with Crippen molar-refractivity contribution >= 4 is 34.0 Å². The molecule has 2 aromatic rings. The summed E-state index contributed by atoms with van der Waals surface area (Å²) >= 11 is 0. The van der Waals surface area contributed by atoms with Gasteiger partial charge in [-0.3, -0.25) is 4.79 Å². The van der Waals surface area contributed by atoms with E-state index in [1.807, 2.05) is 32.0 Å². The van der Waals surface area contributed by atoms with Crippen LogP contribution < -0.4 is 15.4 Å². The molecule has 164 valence electrons. The topological polar surface area (TPSA) is 87.3 Å². The molecule has 0 aromatic heterocycles. The molecule has 1 heterocycles. The molecule has 1 fully saturated rings. The zero-order chi connectivity index (χ0) is 21.0. The number of aryl methyl sites for hydroxylation is 2. The number of hydrogen-bond donors (Lipinski definition) is 3. The molecular formula is C22H30ClN3O3S. The second-order valence-electron chi connectivity index (χ2n) is 7.74. The van der Waals surface area contributed by atoms with E-state index >= 15 is 0 Å². The maximum Gasteiger partial charge on any atom is 0.255 e. The van der Waals surface area contributed by atoms with Gasteiger partial charge in [-0.05, 0) is 88.0 Å². The molecule has 8 heteroatoms. The van der Waals surface area contributed by atoms with Crippen molar-refractivity contribution in [3.63, 3.8) is 0 Å². The van der Waals surface area contributed by atoms with E-state index in [-0.39, 0.29) is 29.3 Å². The minimum absolute atomic E-state index is 0. The minimum atomic E-state index is -3.62. The Morgan fingerprint density at radius 1 is 1.07 bits per heavy atom. The molecule has 0 aliphatic carbocycles. The highest BCUT2D eigenvalue weighted by Crippen LogP contribution is 2.23. The van der Waals surface area contributed by atoms with Crippen LogP contribution in [0.4, 0.5) is 5.69 Å². The summed E-state index contributed by atoms with van der Waals surface area (Å²) in [5.41, 5.74) is 2.78. The highest BCUT2D eigenvalue weighted by Gasteiger charge is 2.25. The fourth-order valence-corrected chi connectivity index (χ4v) is 5.11. The smallest absolute Gasteiger partial charge is 0.255 e. The molecule has 1 atom stereocenters. The molecule has 0 bridgehead atoms. The summed E-state index contributed by atoms with van der Waals surface area (Å²) in [5, 5.41) is 6.17. The van der Waals surface area contributed by atoms with Gasteiger partial charge < -0.3 is 10.6 Å². The Bertz CT molecular complexity index is 989. The molecule has 0 radical (unpaired) electrons. The summed E-state index contributed by atoms with van der Waals surface area (Å²) in [6, 6.07) is 12.0. The van der Waals surface area contributed by atoms with Crippen molar-refractivity contribution in [3.05, 3.63) is 59.2 Å². The standard InChI is InChI=1S/C22H29N3O3S.ClH/c1-15-6-4-5-7-20(15)22(26)24-21-9-8-19(14-16(21)2)29(27,28)25-17(3)18-10-12-23-13-11-18;/h4-9,14,17-18,23,25H,10-13H2,1-3H3,(H,24,26);1H/t17-;/m1./s1. The van der Waals surface area contributed by atoms with E-state index in [4.69, 9.17) is 0 Å². The van der Waals surface area contributed by atoms with Crippen molar-refractivity contribution in [3.8, 4) is 0 Å². The number of halogens is 1. The molecule has 1 saturated heterocycles. The number of carbonyl (C=O) groups is 1. The summed E-state index contributed by atoms with van der Waals surface area (Å²) in [5.74, 6) is 0.124. The van der Waals surface area contributed by atoms with Crippen LogP contribution in [0.2, 0.25) is 0 Å². The molecule has 1 amide bonds. The predicted octanol–water partition coefficient (Wildman–Crippen LogP) is 3.64. The largest absolute Gasteiger partial charge is 0.322 e. The van der Waals surface area contributed by atoms with Crippen molar-refractivity contribution in [2.75, 3.05) is 18.4 Å². The number of carbonyl (C=O) groups excluding carboxylic acids is 1. The fourth-order valence-electron chi connectivity index (χ4n) is 3.71. The van der Waals surface area contributed by atoms with E-state index < -0.39 is 10.0 Å². The highest BCUT2D eigenvalue weighted by atomic mass is 35.5. The first-order valence-electron chi connectivity index (χ1n) is 9.98. The fraction of sp³-hybridized carbons (Fsp3) is 0.409. The van der Waals surface area contributed by atoms with E-state index in [2.05, 4.69) is 15.4 Å². The van der Waals surface area contributed by atoms with Gasteiger partial charge in [-0.25, -0.2) is 13.1 Å². The number of nitrogens with one attached hydrogen (secondary N) is 3. The second kappa shape index (κ2) is 10.4. The van der Waals surface area contributed by atoms with Crippen LogP contribution in [-0.2, 0) is 10.0 Å². The normalized spacial score (nSPS) is 15.8.